The number of amidine groups is 1. The molecule has 0 N–H and O–H groups in total. The topological polar surface area (TPSA) is 47.7 Å². The van der Waals surface area contributed by atoms with Crippen molar-refractivity contribution in [1.29, 1.82) is 0 Å². The van der Waals surface area contributed by atoms with E-state index < -0.39 is 0 Å². The van der Waals surface area contributed by atoms with E-state index in [1.807, 2.05) is 67.6 Å². The number of furan rings is 1. The summed E-state index contributed by atoms with van der Waals surface area (Å²) < 4.78 is 11.3. The van der Waals surface area contributed by atoms with E-state index in [4.69, 9.17) is 16.0 Å². The van der Waals surface area contributed by atoms with Gasteiger partial charge in [-0.25, -0.2) is 4.99 Å². The predicted octanol–water partition coefficient (Wildman–Crippen LogP) is 13.6. The van der Waals surface area contributed by atoms with Crippen molar-refractivity contribution in [2.75, 3.05) is 7.05 Å². The molecule has 0 radical (unpaired) electrons. The lowest BCUT2D eigenvalue weighted by Crippen LogP contribution is -2.27. The number of nitrogens with zero attached hydrogens (tertiary/aromatic N) is 4. The highest BCUT2D eigenvalue weighted by molar-refractivity contribution is 6.18. The summed E-state index contributed by atoms with van der Waals surface area (Å²) in [6.07, 6.45) is 10.5. The molecule has 0 spiro atoms. The second-order valence-electron chi connectivity index (χ2n) is 16.1. The van der Waals surface area contributed by atoms with E-state index in [1.54, 1.807) is 7.05 Å². The van der Waals surface area contributed by atoms with Crippen LogP contribution in [0.2, 0.25) is 0 Å². The zero-order valence-corrected chi connectivity index (χ0v) is 36.2. The van der Waals surface area contributed by atoms with Crippen LogP contribution in [0.15, 0.2) is 221 Å². The number of aliphatic imine (C=N–C) groups is 2. The summed E-state index contributed by atoms with van der Waals surface area (Å²) in [5.41, 5.74) is 13.3. The molecule has 0 atom stereocenters. The van der Waals surface area contributed by atoms with Crippen LogP contribution in [0, 0.1) is 0 Å². The van der Waals surface area contributed by atoms with Crippen molar-refractivity contribution in [3.8, 4) is 22.5 Å². The molecule has 11 aromatic rings. The summed E-state index contributed by atoms with van der Waals surface area (Å²) in [4.78, 5) is 9.64. The minimum absolute atomic E-state index is 0.676. The standard InChI is InChI=1S/C60H44N4O/c1-4-5-29-52-40(2)58-46(44-35-37-54-50(39-44)47-25-12-14-30-53(47)64(54)56-32-18-28-49-48-26-13-15-33-57(48)65-59(49)56)27-17-31-55(58)63(52)45-24-16-19-41(38-45)34-36-51(42-20-8-6-9-21-42)62-60(61-3)43-22-10-7-11-23-43/h4-39H,2H2,1,3H3/b5-4-,36-34+,52-29+,61-60?,62-51?. The smallest absolute Gasteiger partial charge is 0.159 e. The highest BCUT2D eigenvalue weighted by atomic mass is 16.3. The first-order valence-corrected chi connectivity index (χ1v) is 21.9. The molecule has 0 fully saturated rings. The van der Waals surface area contributed by atoms with Gasteiger partial charge in [-0.05, 0) is 84.3 Å². The molecular weight excluding hydrogens is 793 g/mol. The van der Waals surface area contributed by atoms with Crippen LogP contribution >= 0.6 is 0 Å². The fourth-order valence-electron chi connectivity index (χ4n) is 9.32. The third-order valence-corrected chi connectivity index (χ3v) is 12.3. The monoisotopic (exact) mass is 836 g/mol. The first kappa shape index (κ1) is 39.3. The van der Waals surface area contributed by atoms with Gasteiger partial charge in [0.2, 0.25) is 0 Å². The van der Waals surface area contributed by atoms with Crippen LogP contribution in [0.25, 0.3) is 95.9 Å². The summed E-state index contributed by atoms with van der Waals surface area (Å²) in [5.74, 6) is 0.676. The normalized spacial score (nSPS) is 13.0. The third-order valence-electron chi connectivity index (χ3n) is 12.3. The quantitative estimate of drug-likeness (QED) is 0.111. The number of rotatable bonds is 8. The molecule has 310 valence electrons. The van der Waals surface area contributed by atoms with Gasteiger partial charge in [0.05, 0.1) is 33.3 Å². The molecule has 65 heavy (non-hydrogen) atoms. The second-order valence-corrected chi connectivity index (χ2v) is 16.1. The fourth-order valence-corrected chi connectivity index (χ4v) is 9.32. The van der Waals surface area contributed by atoms with E-state index in [2.05, 4.69) is 172 Å². The molecule has 0 aliphatic carbocycles. The van der Waals surface area contributed by atoms with E-state index in [-0.39, 0.29) is 0 Å². The Labute approximate surface area is 376 Å². The fraction of sp³-hybridized carbons (Fsp3) is 0.0333. The molecule has 8 aromatic carbocycles. The van der Waals surface area contributed by atoms with Crippen molar-refractivity contribution < 1.29 is 4.42 Å². The molecule has 0 amide bonds. The van der Waals surface area contributed by atoms with Gasteiger partial charge in [-0.1, -0.05) is 164 Å². The summed E-state index contributed by atoms with van der Waals surface area (Å²) in [6.45, 7) is 6.81. The predicted molar refractivity (Wildman–Crippen MR) is 275 cm³/mol. The number of allylic oxidation sites excluding steroid dienone is 3. The number of benzene rings is 8. The van der Waals surface area contributed by atoms with E-state index in [0.29, 0.717) is 5.84 Å². The van der Waals surface area contributed by atoms with Crippen molar-refractivity contribution in [2.45, 2.75) is 6.92 Å². The molecule has 0 bridgehead atoms. The van der Waals surface area contributed by atoms with E-state index in [9.17, 15) is 0 Å². The van der Waals surface area contributed by atoms with Gasteiger partial charge in [0.1, 0.15) is 5.58 Å². The number of hydrogen-bond donors (Lipinski definition) is 0. The molecule has 11 rings (SSSR count). The lowest BCUT2D eigenvalue weighted by molar-refractivity contribution is 0.666. The summed E-state index contributed by atoms with van der Waals surface area (Å²) >= 11 is 0. The molecule has 3 heterocycles. The SMILES string of the molecule is C=c1/c(=C\C=C/C)n(-c2cccc(/C=C/C(=NC(=NC)c3ccccc3)c3ccccc3)c2)c2cccc(-c3ccc4c(c3)c3ccccc3n4-c3cccc4c3oc3ccccc34)c12. The lowest BCUT2D eigenvalue weighted by atomic mass is 9.99. The zero-order valence-electron chi connectivity index (χ0n) is 36.2. The Morgan fingerprint density at radius 3 is 2.11 bits per heavy atom. The van der Waals surface area contributed by atoms with Gasteiger partial charge in [-0.2, -0.15) is 0 Å². The van der Waals surface area contributed by atoms with Crippen molar-refractivity contribution in [3.63, 3.8) is 0 Å². The van der Waals surface area contributed by atoms with Gasteiger partial charge < -0.3 is 13.6 Å². The molecule has 0 aliphatic heterocycles. The van der Waals surface area contributed by atoms with Gasteiger partial charge in [0, 0.05) is 56.0 Å². The average Bonchev–Trinajstić information content (AvgIpc) is 4.01. The Kier molecular flexibility index (Phi) is 10.1. The van der Waals surface area contributed by atoms with Gasteiger partial charge in [0.15, 0.2) is 11.4 Å². The number of aromatic nitrogens is 2. The number of para-hydroxylation sites is 3. The second kappa shape index (κ2) is 16.6. The minimum atomic E-state index is 0.676. The highest BCUT2D eigenvalue weighted by Gasteiger charge is 2.19. The lowest BCUT2D eigenvalue weighted by Gasteiger charge is -2.11. The summed E-state index contributed by atoms with van der Waals surface area (Å²) in [6, 6.07) is 65.8. The maximum atomic E-state index is 6.57. The Balaban J connectivity index is 1.04. The highest BCUT2D eigenvalue weighted by Crippen LogP contribution is 2.40. The van der Waals surface area contributed by atoms with E-state index in [0.717, 1.165) is 99.3 Å². The van der Waals surface area contributed by atoms with Crippen molar-refractivity contribution >= 4 is 84.9 Å². The Morgan fingerprint density at radius 1 is 0.600 bits per heavy atom. The maximum Gasteiger partial charge on any atom is 0.159 e. The molecular formula is C60H44N4O. The van der Waals surface area contributed by atoms with Crippen molar-refractivity contribution in [3.05, 3.63) is 234 Å². The molecule has 5 nitrogen and oxygen atoms in total. The Hall–Kier alpha value is -8.54. The van der Waals surface area contributed by atoms with Crippen LogP contribution in [0.5, 0.6) is 0 Å². The average molecular weight is 837 g/mol. The van der Waals surface area contributed by atoms with Crippen LogP contribution in [0.3, 0.4) is 0 Å². The number of hydrogen-bond acceptors (Lipinski definition) is 2. The first-order valence-electron chi connectivity index (χ1n) is 21.9. The van der Waals surface area contributed by atoms with Crippen LogP contribution in [-0.2, 0) is 0 Å². The van der Waals surface area contributed by atoms with Gasteiger partial charge in [-0.15, -0.1) is 0 Å². The molecule has 0 unspecified atom stereocenters. The maximum absolute atomic E-state index is 6.57. The Morgan fingerprint density at radius 2 is 1.29 bits per heavy atom. The third kappa shape index (κ3) is 6.91. The van der Waals surface area contributed by atoms with Crippen molar-refractivity contribution in [2.24, 2.45) is 9.98 Å². The molecule has 0 saturated carbocycles. The van der Waals surface area contributed by atoms with Gasteiger partial charge >= 0.3 is 0 Å². The van der Waals surface area contributed by atoms with Crippen molar-refractivity contribution in [1.82, 2.24) is 9.13 Å². The summed E-state index contributed by atoms with van der Waals surface area (Å²) in [7, 11) is 1.79. The molecule has 5 heteroatoms. The van der Waals surface area contributed by atoms with Crippen LogP contribution in [0.1, 0.15) is 23.6 Å². The van der Waals surface area contributed by atoms with Crippen LogP contribution < -0.4 is 10.6 Å². The van der Waals surface area contributed by atoms with E-state index in [1.165, 1.54) is 10.8 Å². The van der Waals surface area contributed by atoms with E-state index >= 15 is 0 Å². The van der Waals surface area contributed by atoms with Gasteiger partial charge in [0.25, 0.3) is 0 Å². The minimum Gasteiger partial charge on any atom is -0.454 e. The Bertz CT molecular complexity index is 3860. The number of fused-ring (bicyclic) bond motifs is 7. The van der Waals surface area contributed by atoms with Crippen LogP contribution in [-0.4, -0.2) is 27.7 Å². The van der Waals surface area contributed by atoms with Crippen LogP contribution in [0.4, 0.5) is 0 Å². The zero-order chi connectivity index (χ0) is 43.9. The molecule has 3 aromatic heterocycles. The largest absolute Gasteiger partial charge is 0.454 e. The first-order chi connectivity index (χ1) is 32.1. The molecule has 0 aliphatic rings. The summed E-state index contributed by atoms with van der Waals surface area (Å²) in [5, 5.41) is 7.70. The molecule has 0 saturated heterocycles. The van der Waals surface area contributed by atoms with Gasteiger partial charge in [-0.3, -0.25) is 4.99 Å².